The second kappa shape index (κ2) is 30.5. The highest BCUT2D eigenvalue weighted by molar-refractivity contribution is 5.98. The van der Waals surface area contributed by atoms with Gasteiger partial charge in [0.25, 0.3) is 0 Å². The lowest BCUT2D eigenvalue weighted by Gasteiger charge is -2.31. The predicted octanol–water partition coefficient (Wildman–Crippen LogP) is -0.137. The lowest BCUT2D eigenvalue weighted by atomic mass is 9.97. The van der Waals surface area contributed by atoms with Crippen LogP contribution in [0.25, 0.3) is 0 Å². The number of phenols is 1. The van der Waals surface area contributed by atoms with Crippen LogP contribution >= 0.6 is 0 Å². The number of carbonyl (C=O) groups excluding carboxylic acids is 8. The average molecular weight is 1040 g/mol. The van der Waals surface area contributed by atoms with Crippen molar-refractivity contribution in [1.82, 2.24) is 42.1 Å². The van der Waals surface area contributed by atoms with Crippen molar-refractivity contribution in [1.29, 1.82) is 0 Å². The van der Waals surface area contributed by atoms with E-state index < -0.39 is 120 Å². The van der Waals surface area contributed by atoms with Crippen LogP contribution in [0.3, 0.4) is 0 Å². The number of likely N-dealkylation sites (tertiary alicyclic amines) is 1. The number of nitrogens with one attached hydrogen (secondary N) is 7. The molecule has 1 aliphatic heterocycles. The first-order valence-corrected chi connectivity index (χ1v) is 25.5. The summed E-state index contributed by atoms with van der Waals surface area (Å²) >= 11 is 0. The van der Waals surface area contributed by atoms with Crippen molar-refractivity contribution in [3.63, 3.8) is 0 Å². The number of unbranched alkanes of at least 4 members (excludes halogenated alkanes) is 1. The molecule has 1 heterocycles. The minimum atomic E-state index is -1.64. The number of aliphatic carboxylic acids is 1. The van der Waals surface area contributed by atoms with Crippen LogP contribution in [-0.2, 0) is 56.0 Å². The van der Waals surface area contributed by atoms with Crippen molar-refractivity contribution < 1.29 is 58.5 Å². The number of nitrogens with two attached hydrogens (primary N) is 2. The number of amides is 8. The molecule has 0 bridgehead atoms. The third kappa shape index (κ3) is 19.7. The Labute approximate surface area is 433 Å². The van der Waals surface area contributed by atoms with Gasteiger partial charge in [-0.15, -0.1) is 0 Å². The molecule has 1 fully saturated rings. The van der Waals surface area contributed by atoms with Gasteiger partial charge in [0, 0.05) is 19.4 Å². The van der Waals surface area contributed by atoms with E-state index in [9.17, 15) is 58.5 Å². The number of phenolic OH excluding ortho intramolecular Hbond substituents is 1. The van der Waals surface area contributed by atoms with E-state index in [0.717, 1.165) is 0 Å². The summed E-state index contributed by atoms with van der Waals surface area (Å²) < 4.78 is 0. The summed E-state index contributed by atoms with van der Waals surface area (Å²) in [6, 6.07) is 4.74. The number of aliphatic hydroxyl groups excluding tert-OH is 1. The Morgan fingerprint density at radius 1 is 0.689 bits per heavy atom. The van der Waals surface area contributed by atoms with Crippen LogP contribution in [-0.4, -0.2) is 148 Å². The van der Waals surface area contributed by atoms with Gasteiger partial charge in [-0.3, -0.25) is 38.4 Å². The van der Waals surface area contributed by atoms with Crippen molar-refractivity contribution in [3.05, 3.63) is 65.7 Å². The molecule has 22 nitrogen and oxygen atoms in total. The second-order valence-corrected chi connectivity index (χ2v) is 19.9. The van der Waals surface area contributed by atoms with Gasteiger partial charge in [0.2, 0.25) is 47.3 Å². The second-order valence-electron chi connectivity index (χ2n) is 19.9. The molecule has 8 amide bonds. The summed E-state index contributed by atoms with van der Waals surface area (Å²) in [7, 11) is 0. The predicted molar refractivity (Wildman–Crippen MR) is 275 cm³/mol. The van der Waals surface area contributed by atoms with Gasteiger partial charge in [-0.05, 0) is 93.0 Å². The van der Waals surface area contributed by atoms with Crippen LogP contribution in [0.15, 0.2) is 54.6 Å². The van der Waals surface area contributed by atoms with Crippen molar-refractivity contribution in [2.75, 3.05) is 19.6 Å². The van der Waals surface area contributed by atoms with E-state index in [-0.39, 0.29) is 56.4 Å². The molecule has 2 aromatic rings. The lowest BCUT2D eigenvalue weighted by molar-refractivity contribution is -0.144. The number of nitrogens with zero attached hydrogens (tertiary/aromatic N) is 1. The fourth-order valence-corrected chi connectivity index (χ4v) is 8.43. The third-order valence-corrected chi connectivity index (χ3v) is 12.9. The van der Waals surface area contributed by atoms with Crippen molar-refractivity contribution in [3.8, 4) is 5.75 Å². The van der Waals surface area contributed by atoms with E-state index in [1.54, 1.807) is 58.0 Å². The van der Waals surface area contributed by atoms with Gasteiger partial charge in [-0.2, -0.15) is 0 Å². The molecule has 10 atom stereocenters. The van der Waals surface area contributed by atoms with Crippen molar-refractivity contribution >= 4 is 53.2 Å². The number of aliphatic hydroxyl groups is 1. The monoisotopic (exact) mass is 1040 g/mol. The summed E-state index contributed by atoms with van der Waals surface area (Å²) in [5.41, 5.74) is 13.0. The average Bonchev–Trinajstić information content (AvgIpc) is 3.85. The number of rotatable bonds is 30. The van der Waals surface area contributed by atoms with Crippen LogP contribution in [0.2, 0.25) is 0 Å². The SMILES string of the molecule is CC[C@H](C)[C@H](NC(=O)[C@H](Cc1ccc(O)cc1)NC(=O)[C@H](Cc1ccccc1)NC(=O)[C@H](CCCCN)NC(=O)[C@@H](NC(=O)CNC(=O)[C@@H]1CCCN1C(=O)[C@@H](NC(=O)[C@@H](N)CC(C)C)C(C)C)[C@@H](C)O)C(=O)O. The normalized spacial score (nSPS) is 17.0. The Balaban J connectivity index is 1.80. The first kappa shape index (κ1) is 61.6. The largest absolute Gasteiger partial charge is 0.508 e. The van der Waals surface area contributed by atoms with Gasteiger partial charge in [0.05, 0.1) is 18.7 Å². The number of aromatic hydroxyl groups is 1. The van der Waals surface area contributed by atoms with E-state index in [1.165, 1.54) is 36.1 Å². The van der Waals surface area contributed by atoms with E-state index in [2.05, 4.69) is 37.2 Å². The molecule has 1 saturated heterocycles. The lowest BCUT2D eigenvalue weighted by Crippen LogP contribution is -2.61. The fraction of sp³-hybridized carbons (Fsp3) is 0.596. The minimum Gasteiger partial charge on any atom is -0.508 e. The van der Waals surface area contributed by atoms with E-state index in [4.69, 9.17) is 11.5 Å². The minimum absolute atomic E-state index is 0.00571. The van der Waals surface area contributed by atoms with Crippen LogP contribution in [0.1, 0.15) is 105 Å². The summed E-state index contributed by atoms with van der Waals surface area (Å²) in [5.74, 6) is -7.90. The molecular weight excluding hydrogens is 957 g/mol. The van der Waals surface area contributed by atoms with Crippen molar-refractivity contribution in [2.24, 2.45) is 29.2 Å². The Morgan fingerprint density at radius 2 is 1.24 bits per heavy atom. The van der Waals surface area contributed by atoms with E-state index in [1.807, 2.05) is 13.8 Å². The summed E-state index contributed by atoms with van der Waals surface area (Å²) in [5, 5.41) is 48.7. The molecule has 22 heteroatoms. The smallest absolute Gasteiger partial charge is 0.326 e. The van der Waals surface area contributed by atoms with Gasteiger partial charge >= 0.3 is 5.97 Å². The van der Waals surface area contributed by atoms with Gasteiger partial charge in [-0.25, -0.2) is 4.79 Å². The molecule has 410 valence electrons. The molecule has 0 unspecified atom stereocenters. The van der Waals surface area contributed by atoms with Crippen LogP contribution in [0.5, 0.6) is 5.75 Å². The van der Waals surface area contributed by atoms with Crippen molar-refractivity contribution in [2.45, 2.75) is 161 Å². The Hall–Kier alpha value is -6.65. The molecule has 0 radical (unpaired) electrons. The molecule has 0 aliphatic carbocycles. The van der Waals surface area contributed by atoms with Gasteiger partial charge < -0.3 is 68.9 Å². The highest BCUT2D eigenvalue weighted by Gasteiger charge is 2.40. The van der Waals surface area contributed by atoms with E-state index >= 15 is 0 Å². The molecule has 3 rings (SSSR count). The van der Waals surface area contributed by atoms with Crippen LogP contribution in [0.4, 0.5) is 0 Å². The summed E-state index contributed by atoms with van der Waals surface area (Å²) in [4.78, 5) is 123. The molecular formula is C52H80N10O12. The van der Waals surface area contributed by atoms with Gasteiger partial charge in [-0.1, -0.05) is 90.4 Å². The zero-order valence-corrected chi connectivity index (χ0v) is 43.7. The van der Waals surface area contributed by atoms with Gasteiger partial charge in [0.1, 0.15) is 48.0 Å². The number of carboxylic acid groups (broad SMARTS) is 1. The topological polar surface area (TPSA) is 354 Å². The Bertz CT molecular complexity index is 2190. The molecule has 74 heavy (non-hydrogen) atoms. The van der Waals surface area contributed by atoms with E-state index in [0.29, 0.717) is 43.2 Å². The first-order valence-electron chi connectivity index (χ1n) is 25.5. The zero-order valence-electron chi connectivity index (χ0n) is 43.7. The Kier molecular flexibility index (Phi) is 25.4. The maximum absolute atomic E-state index is 14.4. The third-order valence-electron chi connectivity index (χ3n) is 12.9. The highest BCUT2D eigenvalue weighted by atomic mass is 16.4. The summed E-state index contributed by atoms with van der Waals surface area (Å²) in [6.07, 6.45) is 0.638. The molecule has 0 spiro atoms. The molecule has 0 aromatic heterocycles. The standard InChI is InChI=1S/C52H80N10O12/c1-8-31(6)43(52(73)74)61-48(69)39(27-34-19-21-35(64)22-20-34)58-47(68)38(26-33-15-10-9-11-16-33)57-46(67)37(17-12-13-23-53)56-50(71)44(32(7)63)59-41(65)28-55-49(70)40-18-14-24-62(40)51(72)42(30(4)5)60-45(66)36(54)25-29(2)3/h9-11,15-16,19-22,29-32,36-40,42-44,63-64H,8,12-14,17-18,23-28,53-54H2,1-7H3,(H,55,70)(H,56,71)(H,57,67)(H,58,68)(H,59,65)(H,60,66)(H,61,69)(H,73,74)/t31-,32+,36-,37-,38-,39-,40-,42-,43-,44-/m0/s1. The fourth-order valence-electron chi connectivity index (χ4n) is 8.43. The number of hydrogen-bond donors (Lipinski definition) is 12. The summed E-state index contributed by atoms with van der Waals surface area (Å²) in [6.45, 7) is 11.9. The quantitative estimate of drug-likeness (QED) is 0.0454. The number of carboxylic acids is 1. The molecule has 14 N–H and O–H groups in total. The number of benzene rings is 2. The maximum Gasteiger partial charge on any atom is 0.326 e. The highest BCUT2D eigenvalue weighted by Crippen LogP contribution is 2.21. The Morgan fingerprint density at radius 3 is 1.78 bits per heavy atom. The molecule has 0 saturated carbocycles. The number of carbonyl (C=O) groups is 9. The molecule has 2 aromatic carbocycles. The first-order chi connectivity index (χ1) is 35.0. The van der Waals surface area contributed by atoms with Crippen LogP contribution < -0.4 is 48.7 Å². The van der Waals surface area contributed by atoms with Crippen LogP contribution in [0, 0.1) is 17.8 Å². The number of hydrogen-bond acceptors (Lipinski definition) is 13. The molecule has 1 aliphatic rings. The zero-order chi connectivity index (χ0) is 55.2. The maximum atomic E-state index is 14.4. The van der Waals surface area contributed by atoms with Gasteiger partial charge in [0.15, 0.2) is 0 Å².